The van der Waals surface area contributed by atoms with Gasteiger partial charge in [-0.3, -0.25) is 4.79 Å². The largest absolute Gasteiger partial charge is 0.489 e. The predicted octanol–water partition coefficient (Wildman–Crippen LogP) is 3.64. The zero-order chi connectivity index (χ0) is 18.2. The number of halogens is 1. The van der Waals surface area contributed by atoms with E-state index in [1.807, 2.05) is 38.1 Å². The Balaban J connectivity index is 0.00000338. The van der Waals surface area contributed by atoms with Crippen LogP contribution in [0.5, 0.6) is 5.75 Å². The Morgan fingerprint density at radius 2 is 1.62 bits per heavy atom. The lowest BCUT2D eigenvalue weighted by atomic mass is 10.1. The molecule has 0 fully saturated rings. The molecule has 5 heteroatoms. The SMILES string of the molecule is Cc1ccc(COc2ccc(CC(C)NC(=O)C(C)CN)cc2)cc1.Cl. The van der Waals surface area contributed by atoms with Gasteiger partial charge in [0.1, 0.15) is 12.4 Å². The van der Waals surface area contributed by atoms with Crippen molar-refractivity contribution >= 4 is 18.3 Å². The van der Waals surface area contributed by atoms with Crippen LogP contribution in [0.25, 0.3) is 0 Å². The lowest BCUT2D eigenvalue weighted by molar-refractivity contribution is -0.124. The van der Waals surface area contributed by atoms with Gasteiger partial charge in [0, 0.05) is 18.5 Å². The number of hydrogen-bond donors (Lipinski definition) is 2. The van der Waals surface area contributed by atoms with Gasteiger partial charge in [-0.2, -0.15) is 0 Å². The summed E-state index contributed by atoms with van der Waals surface area (Å²) in [6.07, 6.45) is 0.779. The van der Waals surface area contributed by atoms with Crippen LogP contribution in [0.1, 0.15) is 30.5 Å². The molecule has 2 aromatic carbocycles. The van der Waals surface area contributed by atoms with E-state index in [-0.39, 0.29) is 30.3 Å². The molecule has 2 rings (SSSR count). The van der Waals surface area contributed by atoms with Crippen LogP contribution in [-0.4, -0.2) is 18.5 Å². The van der Waals surface area contributed by atoms with Gasteiger partial charge in [0.2, 0.25) is 5.91 Å². The minimum atomic E-state index is -0.153. The third-order valence-electron chi connectivity index (χ3n) is 4.18. The monoisotopic (exact) mass is 376 g/mol. The summed E-state index contributed by atoms with van der Waals surface area (Å²) in [6.45, 7) is 6.84. The highest BCUT2D eigenvalue weighted by molar-refractivity contribution is 5.85. The first kappa shape index (κ1) is 22.0. The van der Waals surface area contributed by atoms with Gasteiger partial charge in [0.15, 0.2) is 0 Å². The van der Waals surface area contributed by atoms with Crippen LogP contribution in [-0.2, 0) is 17.8 Å². The summed E-state index contributed by atoms with van der Waals surface area (Å²) in [7, 11) is 0. The molecule has 0 saturated carbocycles. The molecule has 0 bridgehead atoms. The topological polar surface area (TPSA) is 64.3 Å². The van der Waals surface area contributed by atoms with E-state index in [4.69, 9.17) is 10.5 Å². The molecule has 4 nitrogen and oxygen atoms in total. The third kappa shape index (κ3) is 7.06. The summed E-state index contributed by atoms with van der Waals surface area (Å²) in [5.41, 5.74) is 9.08. The molecule has 0 radical (unpaired) electrons. The van der Waals surface area contributed by atoms with E-state index < -0.39 is 0 Å². The highest BCUT2D eigenvalue weighted by Crippen LogP contribution is 2.15. The standard InChI is InChI=1S/C21H28N2O2.ClH/c1-15-4-6-19(7-5-15)14-25-20-10-8-18(9-11-20)12-17(3)23-21(24)16(2)13-22;/h4-11,16-17H,12-14,22H2,1-3H3,(H,23,24);1H. The summed E-state index contributed by atoms with van der Waals surface area (Å²) >= 11 is 0. The zero-order valence-electron chi connectivity index (χ0n) is 15.7. The van der Waals surface area contributed by atoms with Crippen LogP contribution in [0.4, 0.5) is 0 Å². The average Bonchev–Trinajstić information content (AvgIpc) is 2.61. The van der Waals surface area contributed by atoms with Crippen LogP contribution in [0.2, 0.25) is 0 Å². The van der Waals surface area contributed by atoms with E-state index in [2.05, 4.69) is 36.5 Å². The number of nitrogens with one attached hydrogen (secondary N) is 1. The molecular weight excluding hydrogens is 348 g/mol. The number of hydrogen-bond acceptors (Lipinski definition) is 3. The minimum Gasteiger partial charge on any atom is -0.489 e. The van der Waals surface area contributed by atoms with Crippen LogP contribution < -0.4 is 15.8 Å². The highest BCUT2D eigenvalue weighted by Gasteiger charge is 2.13. The van der Waals surface area contributed by atoms with Crippen LogP contribution in [0.3, 0.4) is 0 Å². The van der Waals surface area contributed by atoms with Gasteiger partial charge in [-0.1, -0.05) is 48.9 Å². The predicted molar refractivity (Wildman–Crippen MR) is 109 cm³/mol. The Hall–Kier alpha value is -2.04. The van der Waals surface area contributed by atoms with Crippen molar-refractivity contribution in [2.24, 2.45) is 11.7 Å². The molecule has 0 saturated heterocycles. The summed E-state index contributed by atoms with van der Waals surface area (Å²) in [5, 5.41) is 2.99. The van der Waals surface area contributed by atoms with Gasteiger partial charge in [-0.15, -0.1) is 12.4 Å². The third-order valence-corrected chi connectivity index (χ3v) is 4.18. The number of ether oxygens (including phenoxy) is 1. The van der Waals surface area contributed by atoms with Gasteiger partial charge in [-0.25, -0.2) is 0 Å². The molecule has 1 amide bonds. The molecule has 2 atom stereocenters. The number of carbonyl (C=O) groups is 1. The molecule has 2 unspecified atom stereocenters. The van der Waals surface area contributed by atoms with Crippen molar-refractivity contribution in [1.29, 1.82) is 0 Å². The maximum Gasteiger partial charge on any atom is 0.224 e. The fourth-order valence-electron chi connectivity index (χ4n) is 2.47. The Kier molecular flexibility index (Phi) is 9.17. The second-order valence-electron chi connectivity index (χ2n) is 6.67. The van der Waals surface area contributed by atoms with E-state index in [1.54, 1.807) is 0 Å². The molecule has 0 aromatic heterocycles. The Labute approximate surface area is 162 Å². The maximum absolute atomic E-state index is 11.9. The molecular formula is C21H29ClN2O2. The smallest absolute Gasteiger partial charge is 0.224 e. The first-order valence-corrected chi connectivity index (χ1v) is 8.75. The lowest BCUT2D eigenvalue weighted by Gasteiger charge is -2.17. The Morgan fingerprint density at radius 3 is 2.19 bits per heavy atom. The van der Waals surface area contributed by atoms with Gasteiger partial charge in [0.05, 0.1) is 0 Å². The van der Waals surface area contributed by atoms with E-state index >= 15 is 0 Å². The van der Waals surface area contributed by atoms with Crippen molar-refractivity contribution in [1.82, 2.24) is 5.32 Å². The van der Waals surface area contributed by atoms with Crippen molar-refractivity contribution in [3.63, 3.8) is 0 Å². The fourth-order valence-corrected chi connectivity index (χ4v) is 2.47. The van der Waals surface area contributed by atoms with Gasteiger partial charge >= 0.3 is 0 Å². The van der Waals surface area contributed by atoms with Gasteiger partial charge in [-0.05, 0) is 43.5 Å². The molecule has 3 N–H and O–H groups in total. The molecule has 0 aliphatic carbocycles. The number of carbonyl (C=O) groups excluding carboxylic acids is 1. The number of amides is 1. The Morgan fingerprint density at radius 1 is 1.04 bits per heavy atom. The molecule has 0 spiro atoms. The zero-order valence-corrected chi connectivity index (χ0v) is 16.5. The molecule has 142 valence electrons. The molecule has 0 aliphatic heterocycles. The van der Waals surface area contributed by atoms with Crippen molar-refractivity contribution < 1.29 is 9.53 Å². The second kappa shape index (κ2) is 10.8. The normalized spacial score (nSPS) is 12.6. The van der Waals surface area contributed by atoms with E-state index in [0.29, 0.717) is 13.2 Å². The van der Waals surface area contributed by atoms with Crippen molar-refractivity contribution in [3.8, 4) is 5.75 Å². The van der Waals surface area contributed by atoms with Crippen LogP contribution >= 0.6 is 12.4 Å². The highest BCUT2D eigenvalue weighted by atomic mass is 35.5. The maximum atomic E-state index is 11.9. The molecule has 26 heavy (non-hydrogen) atoms. The van der Waals surface area contributed by atoms with Crippen molar-refractivity contribution in [2.45, 2.75) is 39.8 Å². The van der Waals surface area contributed by atoms with Crippen LogP contribution in [0, 0.1) is 12.8 Å². The molecule has 0 aliphatic rings. The van der Waals surface area contributed by atoms with Crippen molar-refractivity contribution in [2.75, 3.05) is 6.54 Å². The minimum absolute atomic E-state index is 0. The van der Waals surface area contributed by atoms with E-state index in [0.717, 1.165) is 23.3 Å². The second-order valence-corrected chi connectivity index (χ2v) is 6.67. The Bertz CT molecular complexity index is 671. The number of nitrogens with two attached hydrogens (primary N) is 1. The summed E-state index contributed by atoms with van der Waals surface area (Å²) in [6, 6.07) is 16.4. The van der Waals surface area contributed by atoms with Gasteiger partial charge in [0.25, 0.3) is 0 Å². The number of aryl methyl sites for hydroxylation is 1. The lowest BCUT2D eigenvalue weighted by Crippen LogP contribution is -2.39. The first-order valence-electron chi connectivity index (χ1n) is 8.75. The average molecular weight is 377 g/mol. The first-order chi connectivity index (χ1) is 12.0. The van der Waals surface area contributed by atoms with E-state index in [9.17, 15) is 4.79 Å². The van der Waals surface area contributed by atoms with Gasteiger partial charge < -0.3 is 15.8 Å². The van der Waals surface area contributed by atoms with Crippen LogP contribution in [0.15, 0.2) is 48.5 Å². The summed E-state index contributed by atoms with van der Waals surface area (Å²) < 4.78 is 5.82. The summed E-state index contributed by atoms with van der Waals surface area (Å²) in [4.78, 5) is 11.9. The number of rotatable bonds is 8. The van der Waals surface area contributed by atoms with E-state index in [1.165, 1.54) is 5.56 Å². The molecule has 2 aromatic rings. The fraction of sp³-hybridized carbons (Fsp3) is 0.381. The number of benzene rings is 2. The molecule has 0 heterocycles. The van der Waals surface area contributed by atoms with Crippen molar-refractivity contribution in [3.05, 3.63) is 65.2 Å². The summed E-state index contributed by atoms with van der Waals surface area (Å²) in [5.74, 6) is 0.700. The quantitative estimate of drug-likeness (QED) is 0.739.